The highest BCUT2D eigenvalue weighted by Gasteiger charge is 1.90. The Labute approximate surface area is 71.6 Å². The third-order valence-electron chi connectivity index (χ3n) is 1.38. The smallest absolute Gasteiger partial charge is 0.0302 e. The molecule has 1 unspecified atom stereocenters. The Morgan fingerprint density at radius 1 is 1.27 bits per heavy atom. The van der Waals surface area contributed by atoms with Crippen LogP contribution in [0.1, 0.15) is 13.3 Å². The first-order valence-electron chi connectivity index (χ1n) is 3.57. The Kier molecular flexibility index (Phi) is 4.81. The summed E-state index contributed by atoms with van der Waals surface area (Å²) >= 11 is 0. The lowest BCUT2D eigenvalue weighted by Crippen LogP contribution is -1.79. The first-order valence-corrected chi connectivity index (χ1v) is 4.15. The molecule has 0 rings (SSSR count). The normalized spacial score (nSPS) is 10.0. The van der Waals surface area contributed by atoms with E-state index in [2.05, 4.69) is 35.9 Å². The lowest BCUT2D eigenvalue weighted by Gasteiger charge is -1.99. The van der Waals surface area contributed by atoms with Crippen LogP contribution in [0.2, 0.25) is 0 Å². The fraction of sp³-hybridized carbons (Fsp3) is 0.200. The van der Waals surface area contributed by atoms with Gasteiger partial charge >= 0.3 is 0 Å². The molecule has 0 bridgehead atoms. The maximum atomic E-state index is 3.86. The van der Waals surface area contributed by atoms with Crippen molar-refractivity contribution in [2.45, 2.75) is 13.3 Å². The maximum absolute atomic E-state index is 3.86. The van der Waals surface area contributed by atoms with Gasteiger partial charge in [-0.05, 0) is 22.9 Å². The average Bonchev–Trinajstić information content (AvgIpc) is 1.98. The number of rotatable bonds is 4. The molecule has 0 fully saturated rings. The third-order valence-corrected chi connectivity index (χ3v) is 1.57. The summed E-state index contributed by atoms with van der Waals surface area (Å²) in [6, 6.07) is 0. The Morgan fingerprint density at radius 3 is 2.18 bits per heavy atom. The van der Waals surface area contributed by atoms with E-state index in [-0.39, 0.29) is 0 Å². The van der Waals surface area contributed by atoms with Crippen molar-refractivity contribution in [2.75, 3.05) is 0 Å². The molecule has 0 aromatic rings. The summed E-state index contributed by atoms with van der Waals surface area (Å²) in [5, 5.41) is 0.954. The summed E-state index contributed by atoms with van der Waals surface area (Å²) in [7, 11) is 2.52. The van der Waals surface area contributed by atoms with E-state index in [0.717, 1.165) is 22.9 Å². The molecule has 0 aromatic heterocycles. The van der Waals surface area contributed by atoms with Crippen LogP contribution >= 0.6 is 9.24 Å². The minimum atomic E-state index is 0.951. The van der Waals surface area contributed by atoms with Crippen LogP contribution in [0.25, 0.3) is 0 Å². The second-order valence-corrected chi connectivity index (χ2v) is 3.13. The highest BCUT2D eigenvalue weighted by atomic mass is 31.0. The molecule has 11 heavy (non-hydrogen) atoms. The number of hydrogen-bond acceptors (Lipinski definition) is 0. The van der Waals surface area contributed by atoms with Crippen LogP contribution in [0.5, 0.6) is 0 Å². The van der Waals surface area contributed by atoms with E-state index in [1.165, 1.54) is 0 Å². The van der Waals surface area contributed by atoms with Crippen molar-refractivity contribution < 1.29 is 0 Å². The Balaban J connectivity index is 4.08. The first-order chi connectivity index (χ1) is 5.07. The van der Waals surface area contributed by atoms with Crippen molar-refractivity contribution in [2.24, 2.45) is 0 Å². The van der Waals surface area contributed by atoms with Gasteiger partial charge in [-0.1, -0.05) is 38.8 Å². The highest BCUT2D eigenvalue weighted by molar-refractivity contribution is 7.22. The van der Waals surface area contributed by atoms with E-state index >= 15 is 0 Å². The van der Waals surface area contributed by atoms with Gasteiger partial charge in [0, 0.05) is 0 Å². The molecule has 0 saturated carbocycles. The predicted molar refractivity (Wildman–Crippen MR) is 56.6 cm³/mol. The van der Waals surface area contributed by atoms with E-state index in [1.54, 1.807) is 0 Å². The summed E-state index contributed by atoms with van der Waals surface area (Å²) in [4.78, 5) is 0. The second-order valence-electron chi connectivity index (χ2n) is 2.39. The summed E-state index contributed by atoms with van der Waals surface area (Å²) in [5.74, 6) is 0. The van der Waals surface area contributed by atoms with E-state index in [0.29, 0.717) is 0 Å². The summed E-state index contributed by atoms with van der Waals surface area (Å²) in [5.41, 5.74) is 2.06. The lowest BCUT2D eigenvalue weighted by molar-refractivity contribution is 1.14. The van der Waals surface area contributed by atoms with Gasteiger partial charge < -0.3 is 0 Å². The minimum Gasteiger partial charge on any atom is -0.106 e. The van der Waals surface area contributed by atoms with Crippen LogP contribution in [-0.2, 0) is 0 Å². The predicted octanol–water partition coefficient (Wildman–Crippen LogP) is 3.45. The van der Waals surface area contributed by atoms with E-state index in [1.807, 2.05) is 12.2 Å². The molecule has 60 valence electrons. The van der Waals surface area contributed by atoms with Crippen LogP contribution in [0, 0.1) is 0 Å². The SMILES string of the molecule is C=C(P)/C=C\C(=C)C(=C)CC. The molecule has 1 atom stereocenters. The standard InChI is InChI=1S/C10H15P/c1-5-8(2)9(3)6-7-10(4)11/h6-7H,2-5,11H2,1H3/b7-6-. The molecular weight excluding hydrogens is 151 g/mol. The van der Waals surface area contributed by atoms with Crippen molar-refractivity contribution in [1.82, 2.24) is 0 Å². The molecule has 0 saturated heterocycles. The lowest BCUT2D eigenvalue weighted by atomic mass is 10.1. The largest absolute Gasteiger partial charge is 0.106 e. The summed E-state index contributed by atoms with van der Waals surface area (Å²) in [6.45, 7) is 13.5. The Morgan fingerprint density at radius 2 is 1.82 bits per heavy atom. The van der Waals surface area contributed by atoms with Crippen LogP contribution in [-0.4, -0.2) is 0 Å². The second kappa shape index (κ2) is 5.09. The molecule has 0 amide bonds. The average molecular weight is 166 g/mol. The Bertz CT molecular complexity index is 209. The van der Waals surface area contributed by atoms with Crippen molar-refractivity contribution in [3.05, 3.63) is 48.3 Å². The molecule has 0 aliphatic carbocycles. The van der Waals surface area contributed by atoms with Crippen LogP contribution in [0.4, 0.5) is 0 Å². The van der Waals surface area contributed by atoms with E-state index in [9.17, 15) is 0 Å². The minimum absolute atomic E-state index is 0.951. The van der Waals surface area contributed by atoms with Gasteiger partial charge in [0.25, 0.3) is 0 Å². The van der Waals surface area contributed by atoms with Gasteiger partial charge in [-0.2, -0.15) is 0 Å². The molecule has 0 radical (unpaired) electrons. The zero-order chi connectivity index (χ0) is 8.85. The van der Waals surface area contributed by atoms with Crippen LogP contribution in [0.15, 0.2) is 48.3 Å². The van der Waals surface area contributed by atoms with Gasteiger partial charge in [0.05, 0.1) is 0 Å². The monoisotopic (exact) mass is 166 g/mol. The topological polar surface area (TPSA) is 0 Å². The fourth-order valence-electron chi connectivity index (χ4n) is 0.553. The molecule has 0 heterocycles. The number of hydrogen-bond donors (Lipinski definition) is 0. The van der Waals surface area contributed by atoms with Crippen LogP contribution < -0.4 is 0 Å². The molecule has 0 aliphatic heterocycles. The molecule has 0 nitrogen and oxygen atoms in total. The van der Waals surface area contributed by atoms with Crippen LogP contribution in [0.3, 0.4) is 0 Å². The van der Waals surface area contributed by atoms with Gasteiger partial charge in [0.1, 0.15) is 0 Å². The molecule has 0 aromatic carbocycles. The van der Waals surface area contributed by atoms with Crippen molar-refractivity contribution >= 4 is 9.24 Å². The van der Waals surface area contributed by atoms with Crippen molar-refractivity contribution in [3.63, 3.8) is 0 Å². The fourth-order valence-corrected chi connectivity index (χ4v) is 0.649. The van der Waals surface area contributed by atoms with Gasteiger partial charge in [-0.25, -0.2) is 0 Å². The molecule has 0 spiro atoms. The molecule has 1 heteroatoms. The van der Waals surface area contributed by atoms with E-state index in [4.69, 9.17) is 0 Å². The highest BCUT2D eigenvalue weighted by Crippen LogP contribution is 2.12. The molecular formula is C10H15P. The summed E-state index contributed by atoms with van der Waals surface area (Å²) < 4.78 is 0. The Hall–Kier alpha value is -0.610. The molecule has 0 aliphatic rings. The first kappa shape index (κ1) is 10.4. The van der Waals surface area contributed by atoms with Crippen molar-refractivity contribution in [1.29, 1.82) is 0 Å². The van der Waals surface area contributed by atoms with Gasteiger partial charge in [-0.3, -0.25) is 0 Å². The zero-order valence-electron chi connectivity index (χ0n) is 7.06. The van der Waals surface area contributed by atoms with Gasteiger partial charge in [0.15, 0.2) is 0 Å². The third kappa shape index (κ3) is 4.75. The molecule has 0 N–H and O–H groups in total. The summed E-state index contributed by atoms with van der Waals surface area (Å²) in [6.07, 6.45) is 4.79. The van der Waals surface area contributed by atoms with E-state index < -0.39 is 0 Å². The zero-order valence-corrected chi connectivity index (χ0v) is 8.22. The van der Waals surface area contributed by atoms with Gasteiger partial charge in [-0.15, -0.1) is 9.24 Å². The van der Waals surface area contributed by atoms with Crippen molar-refractivity contribution in [3.8, 4) is 0 Å². The quantitative estimate of drug-likeness (QED) is 0.443. The number of allylic oxidation sites excluding steroid dienone is 5. The maximum Gasteiger partial charge on any atom is -0.0302 e. The van der Waals surface area contributed by atoms with Gasteiger partial charge in [0.2, 0.25) is 0 Å².